The number of rotatable bonds is 19. The Bertz CT molecular complexity index is 291. The van der Waals surface area contributed by atoms with Gasteiger partial charge in [0.15, 0.2) is 0 Å². The van der Waals surface area contributed by atoms with Crippen LogP contribution in [-0.4, -0.2) is 30.1 Å². The number of hydrogen-bond acceptors (Lipinski definition) is 3. The molecule has 4 heteroatoms. The van der Waals surface area contributed by atoms with E-state index < -0.39 is 5.97 Å². The first-order valence-electron chi connectivity index (χ1n) is 9.97. The van der Waals surface area contributed by atoms with Crippen LogP contribution in [0.3, 0.4) is 0 Å². The van der Waals surface area contributed by atoms with Crippen LogP contribution >= 0.6 is 0 Å². The van der Waals surface area contributed by atoms with Gasteiger partial charge in [-0.25, -0.2) is 0 Å². The summed E-state index contributed by atoms with van der Waals surface area (Å²) in [5.74, 6) is -0.695. The van der Waals surface area contributed by atoms with E-state index in [2.05, 4.69) is 6.92 Å². The molecule has 0 aliphatic rings. The molecule has 1 unspecified atom stereocenters. The van der Waals surface area contributed by atoms with Gasteiger partial charge in [-0.3, -0.25) is 4.79 Å². The van der Waals surface area contributed by atoms with E-state index in [4.69, 9.17) is 9.84 Å². The van der Waals surface area contributed by atoms with E-state index in [0.29, 0.717) is 12.5 Å². The lowest BCUT2D eigenvalue weighted by atomic mass is 10.0. The average molecular weight is 343 g/mol. The molecular formula is C20H38O4. The van der Waals surface area contributed by atoms with Crippen molar-refractivity contribution < 1.29 is 19.4 Å². The van der Waals surface area contributed by atoms with Crippen LogP contribution in [-0.2, 0) is 14.3 Å². The minimum atomic E-state index is -0.695. The normalized spacial score (nSPS) is 12.2. The topological polar surface area (TPSA) is 63.6 Å². The molecule has 24 heavy (non-hydrogen) atoms. The van der Waals surface area contributed by atoms with E-state index in [1.165, 1.54) is 32.1 Å². The SMILES string of the molecule is CCCCOC(CCCCCCCCC=O)CCCCCC(=O)O. The maximum absolute atomic E-state index is 10.5. The fourth-order valence-corrected chi connectivity index (χ4v) is 2.84. The number of hydrogen-bond donors (Lipinski definition) is 1. The number of carbonyl (C=O) groups excluding carboxylic acids is 1. The molecule has 0 aliphatic carbocycles. The van der Waals surface area contributed by atoms with Gasteiger partial charge in [-0.1, -0.05) is 58.3 Å². The number of aliphatic carboxylic acids is 1. The number of ether oxygens (including phenoxy) is 1. The van der Waals surface area contributed by atoms with Crippen LogP contribution in [0.25, 0.3) is 0 Å². The summed E-state index contributed by atoms with van der Waals surface area (Å²) >= 11 is 0. The zero-order valence-corrected chi connectivity index (χ0v) is 15.6. The largest absolute Gasteiger partial charge is 0.481 e. The zero-order valence-electron chi connectivity index (χ0n) is 15.6. The molecule has 0 amide bonds. The van der Waals surface area contributed by atoms with Gasteiger partial charge in [0.25, 0.3) is 0 Å². The van der Waals surface area contributed by atoms with Gasteiger partial charge < -0.3 is 14.6 Å². The molecule has 0 radical (unpaired) electrons. The molecule has 0 bridgehead atoms. The Balaban J connectivity index is 3.70. The van der Waals surface area contributed by atoms with Crippen molar-refractivity contribution in [2.24, 2.45) is 0 Å². The Morgan fingerprint density at radius 1 is 0.917 bits per heavy atom. The molecule has 142 valence electrons. The third kappa shape index (κ3) is 17.5. The average Bonchev–Trinajstić information content (AvgIpc) is 2.56. The van der Waals surface area contributed by atoms with Crippen molar-refractivity contribution >= 4 is 12.3 Å². The van der Waals surface area contributed by atoms with Gasteiger partial charge in [0.05, 0.1) is 6.10 Å². The van der Waals surface area contributed by atoms with Crippen LogP contribution in [0.2, 0.25) is 0 Å². The maximum Gasteiger partial charge on any atom is 0.303 e. The maximum atomic E-state index is 10.5. The van der Waals surface area contributed by atoms with Crippen molar-refractivity contribution in [2.45, 2.75) is 109 Å². The molecule has 4 nitrogen and oxygen atoms in total. The third-order valence-electron chi connectivity index (χ3n) is 4.37. The molecule has 0 fully saturated rings. The van der Waals surface area contributed by atoms with Crippen molar-refractivity contribution in [3.8, 4) is 0 Å². The molecule has 0 aliphatic heterocycles. The van der Waals surface area contributed by atoms with Crippen LogP contribution in [0.5, 0.6) is 0 Å². The lowest BCUT2D eigenvalue weighted by Gasteiger charge is -2.18. The Morgan fingerprint density at radius 2 is 1.50 bits per heavy atom. The molecule has 1 N–H and O–H groups in total. The quantitative estimate of drug-likeness (QED) is 0.248. The minimum Gasteiger partial charge on any atom is -0.481 e. The number of carboxylic acids is 1. The van der Waals surface area contributed by atoms with Crippen LogP contribution < -0.4 is 0 Å². The van der Waals surface area contributed by atoms with Gasteiger partial charge in [0, 0.05) is 19.4 Å². The Labute approximate surface area is 148 Å². The number of unbranched alkanes of at least 4 members (excludes halogenated alkanes) is 9. The first-order chi connectivity index (χ1) is 11.7. The number of aldehydes is 1. The van der Waals surface area contributed by atoms with Gasteiger partial charge in [-0.15, -0.1) is 0 Å². The molecule has 0 aromatic heterocycles. The fourth-order valence-electron chi connectivity index (χ4n) is 2.84. The minimum absolute atomic E-state index is 0.283. The highest BCUT2D eigenvalue weighted by Gasteiger charge is 2.09. The van der Waals surface area contributed by atoms with Crippen LogP contribution in [0.15, 0.2) is 0 Å². The zero-order chi connectivity index (χ0) is 17.9. The predicted octanol–water partition coefficient (Wildman–Crippen LogP) is 5.53. The van der Waals surface area contributed by atoms with Crippen LogP contribution in [0.4, 0.5) is 0 Å². The molecule has 0 saturated heterocycles. The van der Waals surface area contributed by atoms with Gasteiger partial charge in [0.2, 0.25) is 0 Å². The smallest absolute Gasteiger partial charge is 0.303 e. The van der Waals surface area contributed by atoms with Crippen molar-refractivity contribution in [1.29, 1.82) is 0 Å². The van der Waals surface area contributed by atoms with E-state index in [1.807, 2.05) is 0 Å². The number of carbonyl (C=O) groups is 2. The molecule has 1 atom stereocenters. The molecule has 0 rings (SSSR count). The van der Waals surface area contributed by atoms with Crippen molar-refractivity contribution in [2.75, 3.05) is 6.61 Å². The van der Waals surface area contributed by atoms with Crippen molar-refractivity contribution in [1.82, 2.24) is 0 Å². The van der Waals surface area contributed by atoms with Gasteiger partial charge in [0.1, 0.15) is 6.29 Å². The van der Waals surface area contributed by atoms with E-state index in [1.54, 1.807) is 0 Å². The highest BCUT2D eigenvalue weighted by atomic mass is 16.5. The van der Waals surface area contributed by atoms with E-state index >= 15 is 0 Å². The Kier molecular flexibility index (Phi) is 17.7. The van der Waals surface area contributed by atoms with E-state index in [9.17, 15) is 9.59 Å². The number of carboxylic acid groups (broad SMARTS) is 1. The summed E-state index contributed by atoms with van der Waals surface area (Å²) in [6.07, 6.45) is 16.7. The van der Waals surface area contributed by atoms with Crippen LogP contribution in [0.1, 0.15) is 103 Å². The second-order valence-corrected chi connectivity index (χ2v) is 6.70. The summed E-state index contributed by atoms with van der Waals surface area (Å²) in [5.41, 5.74) is 0. The summed E-state index contributed by atoms with van der Waals surface area (Å²) in [6, 6.07) is 0. The van der Waals surface area contributed by atoms with Gasteiger partial charge in [-0.05, 0) is 32.1 Å². The Morgan fingerprint density at radius 3 is 2.08 bits per heavy atom. The van der Waals surface area contributed by atoms with E-state index in [-0.39, 0.29) is 6.42 Å². The van der Waals surface area contributed by atoms with Crippen LogP contribution in [0, 0.1) is 0 Å². The summed E-state index contributed by atoms with van der Waals surface area (Å²) in [4.78, 5) is 20.8. The van der Waals surface area contributed by atoms with Crippen molar-refractivity contribution in [3.63, 3.8) is 0 Å². The van der Waals surface area contributed by atoms with E-state index in [0.717, 1.165) is 64.3 Å². The second-order valence-electron chi connectivity index (χ2n) is 6.70. The first kappa shape index (κ1) is 23.1. The van der Waals surface area contributed by atoms with Gasteiger partial charge >= 0.3 is 5.97 Å². The third-order valence-corrected chi connectivity index (χ3v) is 4.37. The summed E-state index contributed by atoms with van der Waals surface area (Å²) < 4.78 is 6.01. The highest BCUT2D eigenvalue weighted by Crippen LogP contribution is 2.16. The molecular weight excluding hydrogens is 304 g/mol. The summed E-state index contributed by atoms with van der Waals surface area (Å²) in [7, 11) is 0. The first-order valence-corrected chi connectivity index (χ1v) is 9.97. The summed E-state index contributed by atoms with van der Waals surface area (Å²) in [6.45, 7) is 3.02. The fraction of sp³-hybridized carbons (Fsp3) is 0.900. The standard InChI is InChI=1S/C20H38O4/c1-2-3-18-24-19(15-11-9-12-16-20(22)23)14-10-7-5-4-6-8-13-17-21/h17,19H,2-16,18H2,1H3,(H,22,23). The molecule has 0 aromatic rings. The Hall–Kier alpha value is -0.900. The molecule has 0 saturated carbocycles. The second kappa shape index (κ2) is 18.4. The monoisotopic (exact) mass is 342 g/mol. The molecule has 0 spiro atoms. The molecule has 0 heterocycles. The molecule has 0 aromatic carbocycles. The summed E-state index contributed by atoms with van der Waals surface area (Å²) in [5, 5.41) is 8.66. The highest BCUT2D eigenvalue weighted by molar-refractivity contribution is 5.66. The van der Waals surface area contributed by atoms with Gasteiger partial charge in [-0.2, -0.15) is 0 Å². The lowest BCUT2D eigenvalue weighted by molar-refractivity contribution is -0.137. The lowest BCUT2D eigenvalue weighted by Crippen LogP contribution is -2.14. The predicted molar refractivity (Wildman–Crippen MR) is 98.4 cm³/mol. The van der Waals surface area contributed by atoms with Crippen molar-refractivity contribution in [3.05, 3.63) is 0 Å².